The molecule has 3 aromatic rings. The molecule has 1 fully saturated rings. The van der Waals surface area contributed by atoms with Crippen LogP contribution in [0.2, 0.25) is 0 Å². The Morgan fingerprint density at radius 3 is 2.58 bits per heavy atom. The lowest BCUT2D eigenvalue weighted by atomic mass is 9.87. The molecule has 2 aromatic carbocycles. The number of morpholine rings is 1. The number of aromatic nitrogens is 1. The van der Waals surface area contributed by atoms with Gasteiger partial charge < -0.3 is 19.1 Å². The van der Waals surface area contributed by atoms with Gasteiger partial charge in [-0.15, -0.1) is 0 Å². The molecule has 1 atom stereocenters. The van der Waals surface area contributed by atoms with Gasteiger partial charge in [-0.2, -0.15) is 13.2 Å². The van der Waals surface area contributed by atoms with Crippen molar-refractivity contribution in [1.29, 1.82) is 0 Å². The summed E-state index contributed by atoms with van der Waals surface area (Å²) >= 11 is 0. The lowest BCUT2D eigenvalue weighted by molar-refractivity contribution is -0.179. The van der Waals surface area contributed by atoms with E-state index in [0.717, 1.165) is 0 Å². The maximum atomic E-state index is 14.4. The van der Waals surface area contributed by atoms with E-state index in [-0.39, 0.29) is 30.2 Å². The molecule has 1 unspecified atom stereocenters. The number of alkyl halides is 3. The van der Waals surface area contributed by atoms with Gasteiger partial charge >= 0.3 is 6.18 Å². The second kappa shape index (κ2) is 8.63. The van der Waals surface area contributed by atoms with Gasteiger partial charge in [0.25, 0.3) is 0 Å². The molecular weight excluding hydrogens is 479 g/mol. The van der Waals surface area contributed by atoms with Gasteiger partial charge in [0, 0.05) is 24.2 Å². The Balaban J connectivity index is 1.55. The topological polar surface area (TPSA) is 89.2 Å². The maximum absolute atomic E-state index is 14.4. The van der Waals surface area contributed by atoms with E-state index >= 15 is 0 Å². The lowest BCUT2D eigenvalue weighted by Gasteiger charge is -2.45. The van der Waals surface area contributed by atoms with Crippen molar-refractivity contribution in [3.8, 4) is 17.0 Å². The molecule has 11 heteroatoms. The van der Waals surface area contributed by atoms with Gasteiger partial charge in [0.2, 0.25) is 5.72 Å². The van der Waals surface area contributed by atoms with Gasteiger partial charge in [-0.25, -0.2) is 4.84 Å². The van der Waals surface area contributed by atoms with Gasteiger partial charge in [-0.1, -0.05) is 47.6 Å². The van der Waals surface area contributed by atoms with E-state index in [0.29, 0.717) is 48.8 Å². The van der Waals surface area contributed by atoms with Crippen LogP contribution in [0.3, 0.4) is 0 Å². The molecule has 4 heterocycles. The average molecular weight is 501 g/mol. The first kappa shape index (κ1) is 23.0. The Labute approximate surface area is 203 Å². The van der Waals surface area contributed by atoms with Gasteiger partial charge in [-0.3, -0.25) is 10.4 Å². The van der Waals surface area contributed by atoms with Crippen molar-refractivity contribution in [2.75, 3.05) is 32.9 Å². The summed E-state index contributed by atoms with van der Waals surface area (Å²) in [7, 11) is 0. The monoisotopic (exact) mass is 501 g/mol. The van der Waals surface area contributed by atoms with Crippen LogP contribution in [-0.4, -0.2) is 48.1 Å². The summed E-state index contributed by atoms with van der Waals surface area (Å²) in [6, 6.07) is 13.3. The second-order valence-electron chi connectivity index (χ2n) is 8.68. The van der Waals surface area contributed by atoms with E-state index in [1.165, 1.54) is 0 Å². The van der Waals surface area contributed by atoms with Crippen molar-refractivity contribution in [2.24, 2.45) is 0 Å². The average Bonchev–Trinajstić information content (AvgIpc) is 3.52. The smallest absolute Gasteiger partial charge is 0.422 e. The van der Waals surface area contributed by atoms with Crippen molar-refractivity contribution < 1.29 is 37.1 Å². The van der Waals surface area contributed by atoms with Crippen LogP contribution in [0, 0.1) is 0 Å². The normalized spacial score (nSPS) is 22.1. The molecule has 0 bridgehead atoms. The number of hydroxylamine groups is 1. The third-order valence-electron chi connectivity index (χ3n) is 6.68. The number of fused-ring (bicyclic) bond motifs is 3. The predicted molar refractivity (Wildman–Crippen MR) is 120 cm³/mol. The summed E-state index contributed by atoms with van der Waals surface area (Å²) in [5, 5.41) is 13.4. The zero-order valence-corrected chi connectivity index (χ0v) is 19.0. The summed E-state index contributed by atoms with van der Waals surface area (Å²) < 4.78 is 60.1. The molecule has 188 valence electrons. The molecule has 1 aromatic heterocycles. The van der Waals surface area contributed by atoms with Crippen molar-refractivity contribution in [3.63, 3.8) is 0 Å². The third-order valence-corrected chi connectivity index (χ3v) is 6.68. The fourth-order valence-electron chi connectivity index (χ4n) is 5.02. The Morgan fingerprint density at radius 1 is 1.08 bits per heavy atom. The maximum Gasteiger partial charge on any atom is 0.422 e. The van der Waals surface area contributed by atoms with Crippen LogP contribution < -0.4 is 10.2 Å². The predicted octanol–water partition coefficient (Wildman–Crippen LogP) is 3.68. The summed E-state index contributed by atoms with van der Waals surface area (Å²) in [4.78, 5) is 8.19. The molecule has 2 N–H and O–H groups in total. The molecule has 0 radical (unpaired) electrons. The Morgan fingerprint density at radius 2 is 1.86 bits per heavy atom. The van der Waals surface area contributed by atoms with E-state index in [1.54, 1.807) is 48.5 Å². The number of rotatable bonds is 4. The van der Waals surface area contributed by atoms with E-state index in [2.05, 4.69) is 10.6 Å². The minimum atomic E-state index is -4.75. The Hall–Kier alpha value is -3.38. The molecular formula is C25H22F3N3O5. The summed E-state index contributed by atoms with van der Waals surface area (Å²) in [5.74, 6) is 0.0175. The molecule has 36 heavy (non-hydrogen) atoms. The number of ether oxygens (including phenoxy) is 2. The highest BCUT2D eigenvalue weighted by molar-refractivity contribution is 5.76. The van der Waals surface area contributed by atoms with E-state index in [1.807, 2.05) is 4.90 Å². The first-order chi connectivity index (χ1) is 17.4. The zero-order valence-electron chi connectivity index (χ0n) is 19.0. The van der Waals surface area contributed by atoms with Crippen LogP contribution in [-0.2, 0) is 28.1 Å². The van der Waals surface area contributed by atoms with Gasteiger partial charge in [0.05, 0.1) is 25.4 Å². The summed E-state index contributed by atoms with van der Waals surface area (Å²) in [6.07, 6.45) is -4.75. The quantitative estimate of drug-likeness (QED) is 0.560. The summed E-state index contributed by atoms with van der Waals surface area (Å²) in [5.41, 5.74) is 2.20. The Kier molecular flexibility index (Phi) is 5.52. The number of hydrogen-bond acceptors (Lipinski definition) is 8. The van der Waals surface area contributed by atoms with Crippen LogP contribution in [0.4, 0.5) is 13.2 Å². The molecule has 3 aliphatic rings. The highest BCUT2D eigenvalue weighted by Crippen LogP contribution is 2.52. The fourth-order valence-corrected chi connectivity index (χ4v) is 5.02. The molecule has 0 aliphatic carbocycles. The SMILES string of the molecule is OCc1ccc2c(c1)OCC1=C(c3onc(-c4ccccc4)c3C(F)(F)F)NOC12N1CCOCC1. The van der Waals surface area contributed by atoms with Crippen molar-refractivity contribution in [3.05, 3.63) is 76.6 Å². The van der Waals surface area contributed by atoms with E-state index in [4.69, 9.17) is 18.8 Å². The van der Waals surface area contributed by atoms with Crippen LogP contribution in [0.15, 0.2) is 58.6 Å². The lowest BCUT2D eigenvalue weighted by Crippen LogP contribution is -2.55. The van der Waals surface area contributed by atoms with E-state index < -0.39 is 23.2 Å². The molecule has 0 spiro atoms. The van der Waals surface area contributed by atoms with Crippen LogP contribution in [0.25, 0.3) is 17.0 Å². The first-order valence-corrected chi connectivity index (χ1v) is 11.4. The largest absolute Gasteiger partial charge is 0.488 e. The first-order valence-electron chi connectivity index (χ1n) is 11.4. The fraction of sp³-hybridized carbons (Fsp3) is 0.320. The van der Waals surface area contributed by atoms with Gasteiger partial charge in [0.1, 0.15) is 29.3 Å². The third kappa shape index (κ3) is 3.50. The zero-order chi connectivity index (χ0) is 24.9. The van der Waals surface area contributed by atoms with Crippen LogP contribution in [0.5, 0.6) is 5.75 Å². The highest BCUT2D eigenvalue weighted by Gasteiger charge is 2.56. The molecule has 0 amide bonds. The van der Waals surface area contributed by atoms with Crippen molar-refractivity contribution in [1.82, 2.24) is 15.5 Å². The van der Waals surface area contributed by atoms with Crippen molar-refractivity contribution >= 4 is 5.70 Å². The summed E-state index contributed by atoms with van der Waals surface area (Å²) in [6.45, 7) is 1.61. The number of nitrogens with one attached hydrogen (secondary N) is 1. The minimum Gasteiger partial charge on any atom is -0.488 e. The number of aliphatic hydroxyl groups excluding tert-OH is 1. The molecule has 6 rings (SSSR count). The van der Waals surface area contributed by atoms with Crippen LogP contribution >= 0.6 is 0 Å². The number of aliphatic hydroxyl groups is 1. The van der Waals surface area contributed by atoms with Gasteiger partial charge in [-0.05, 0) is 11.6 Å². The number of hydrogen-bond donors (Lipinski definition) is 2. The highest BCUT2D eigenvalue weighted by atomic mass is 19.4. The molecule has 8 nitrogen and oxygen atoms in total. The molecule has 3 aliphatic heterocycles. The van der Waals surface area contributed by atoms with Crippen LogP contribution in [0.1, 0.15) is 22.5 Å². The molecule has 1 saturated heterocycles. The van der Waals surface area contributed by atoms with Gasteiger partial charge in [0.15, 0.2) is 5.76 Å². The number of nitrogens with zero attached hydrogens (tertiary/aromatic N) is 2. The number of benzene rings is 2. The van der Waals surface area contributed by atoms with E-state index in [9.17, 15) is 18.3 Å². The standard InChI is InChI=1S/C25H22F3N3O5/c26-25(27,28)20-21(16-4-2-1-3-5-16)29-35-23(20)22-18-14-34-19-12-15(13-32)6-7-17(19)24(18,36-30-22)31-8-10-33-11-9-31/h1-7,12,30,32H,8-11,13-14H2. The second-order valence-corrected chi connectivity index (χ2v) is 8.68. The Bertz CT molecular complexity index is 1320. The molecule has 0 saturated carbocycles. The van der Waals surface area contributed by atoms with Crippen molar-refractivity contribution in [2.45, 2.75) is 18.5 Å². The number of halogens is 3. The minimum absolute atomic E-state index is 0.0281.